The van der Waals surface area contributed by atoms with Gasteiger partial charge in [-0.15, -0.1) is 0 Å². The average molecular weight is 265 g/mol. The van der Waals surface area contributed by atoms with Crippen molar-refractivity contribution in [1.82, 2.24) is 4.90 Å². The average Bonchev–Trinajstić information content (AvgIpc) is 2.65. The number of rotatable bonds is 5. The van der Waals surface area contributed by atoms with Crippen LogP contribution in [-0.4, -0.2) is 35.0 Å². The van der Waals surface area contributed by atoms with E-state index < -0.39 is 0 Å². The molecule has 0 bridgehead atoms. The molecule has 2 rings (SSSR count). The van der Waals surface area contributed by atoms with Crippen molar-refractivity contribution in [2.45, 2.75) is 19.3 Å². The highest BCUT2D eigenvalue weighted by Gasteiger charge is 2.37. The third-order valence-corrected chi connectivity index (χ3v) is 3.27. The molecule has 2 amide bonds. The van der Waals surface area contributed by atoms with E-state index in [0.717, 1.165) is 5.56 Å². The Balaban J connectivity index is 2.00. The maximum atomic E-state index is 12.8. The lowest BCUT2D eigenvalue weighted by Crippen LogP contribution is -2.32. The molecule has 1 atom stereocenters. The van der Waals surface area contributed by atoms with Gasteiger partial charge in [0.05, 0.1) is 5.92 Å². The Morgan fingerprint density at radius 3 is 2.58 bits per heavy atom. The predicted molar refractivity (Wildman–Crippen MR) is 66.6 cm³/mol. The zero-order chi connectivity index (χ0) is 13.8. The van der Waals surface area contributed by atoms with Crippen LogP contribution in [0.2, 0.25) is 0 Å². The third-order valence-electron chi connectivity index (χ3n) is 3.27. The number of hydrogen-bond donors (Lipinski definition) is 1. The van der Waals surface area contributed by atoms with Crippen LogP contribution < -0.4 is 0 Å². The highest BCUT2D eigenvalue weighted by atomic mass is 19.1. The highest BCUT2D eigenvalue weighted by molar-refractivity contribution is 6.03. The summed E-state index contributed by atoms with van der Waals surface area (Å²) in [6.07, 6.45) is 1.04. The van der Waals surface area contributed by atoms with Gasteiger partial charge < -0.3 is 5.11 Å². The zero-order valence-corrected chi connectivity index (χ0v) is 10.5. The van der Waals surface area contributed by atoms with Gasteiger partial charge in [-0.1, -0.05) is 12.1 Å². The second-order valence-electron chi connectivity index (χ2n) is 4.69. The first-order valence-corrected chi connectivity index (χ1v) is 6.31. The maximum Gasteiger partial charge on any atom is 0.233 e. The Morgan fingerprint density at radius 2 is 1.95 bits per heavy atom. The molecular formula is C14H16FNO3. The second kappa shape index (κ2) is 5.93. The third kappa shape index (κ3) is 3.17. The molecule has 5 heteroatoms. The Kier molecular flexibility index (Phi) is 4.27. The van der Waals surface area contributed by atoms with E-state index in [0.29, 0.717) is 12.8 Å². The number of amides is 2. The van der Waals surface area contributed by atoms with Crippen LogP contribution in [0.1, 0.15) is 18.4 Å². The smallest absolute Gasteiger partial charge is 0.233 e. The largest absolute Gasteiger partial charge is 0.396 e. The van der Waals surface area contributed by atoms with E-state index in [1.54, 1.807) is 12.1 Å². The molecule has 0 radical (unpaired) electrons. The van der Waals surface area contributed by atoms with Gasteiger partial charge in [0, 0.05) is 19.6 Å². The van der Waals surface area contributed by atoms with E-state index in [1.165, 1.54) is 17.0 Å². The van der Waals surface area contributed by atoms with Crippen molar-refractivity contribution in [1.29, 1.82) is 0 Å². The molecule has 1 aliphatic rings. The minimum atomic E-state index is -0.364. The van der Waals surface area contributed by atoms with Crippen LogP contribution in [0, 0.1) is 11.7 Å². The lowest BCUT2D eigenvalue weighted by Gasteiger charge is -2.14. The highest BCUT2D eigenvalue weighted by Crippen LogP contribution is 2.23. The van der Waals surface area contributed by atoms with Gasteiger partial charge in [-0.2, -0.15) is 0 Å². The first kappa shape index (κ1) is 13.7. The lowest BCUT2D eigenvalue weighted by molar-refractivity contribution is -0.139. The zero-order valence-electron chi connectivity index (χ0n) is 10.5. The summed E-state index contributed by atoms with van der Waals surface area (Å²) in [6, 6.07) is 5.95. The van der Waals surface area contributed by atoms with Crippen LogP contribution in [0.3, 0.4) is 0 Å². The Bertz CT molecular complexity index is 472. The molecule has 102 valence electrons. The van der Waals surface area contributed by atoms with Gasteiger partial charge in [-0.3, -0.25) is 14.5 Å². The van der Waals surface area contributed by atoms with E-state index in [-0.39, 0.29) is 43.1 Å². The molecular weight excluding hydrogens is 249 g/mol. The predicted octanol–water partition coefficient (Wildman–Crippen LogP) is 1.13. The number of aliphatic hydroxyl groups excluding tert-OH is 1. The summed E-state index contributed by atoms with van der Waals surface area (Å²) in [4.78, 5) is 25.0. The monoisotopic (exact) mass is 265 g/mol. The summed E-state index contributed by atoms with van der Waals surface area (Å²) in [5.74, 6) is -1.06. The summed E-state index contributed by atoms with van der Waals surface area (Å²) >= 11 is 0. The van der Waals surface area contributed by atoms with Crippen molar-refractivity contribution in [2.24, 2.45) is 5.92 Å². The molecule has 1 aliphatic heterocycles. The number of benzene rings is 1. The van der Waals surface area contributed by atoms with Gasteiger partial charge in [0.15, 0.2) is 0 Å². The Hall–Kier alpha value is -1.75. The summed E-state index contributed by atoms with van der Waals surface area (Å²) in [5.41, 5.74) is 0.844. The van der Waals surface area contributed by atoms with E-state index in [4.69, 9.17) is 5.11 Å². The van der Waals surface area contributed by atoms with E-state index in [9.17, 15) is 14.0 Å². The van der Waals surface area contributed by atoms with Crippen molar-refractivity contribution in [2.75, 3.05) is 13.2 Å². The summed E-state index contributed by atoms with van der Waals surface area (Å²) in [6.45, 7) is 0.230. The number of imide groups is 1. The van der Waals surface area contributed by atoms with Gasteiger partial charge >= 0.3 is 0 Å². The van der Waals surface area contributed by atoms with Crippen LogP contribution >= 0.6 is 0 Å². The van der Waals surface area contributed by atoms with Crippen molar-refractivity contribution in [3.05, 3.63) is 35.6 Å². The molecule has 1 aromatic carbocycles. The fourth-order valence-electron chi connectivity index (χ4n) is 2.28. The van der Waals surface area contributed by atoms with Crippen molar-refractivity contribution in [3.8, 4) is 0 Å². The molecule has 4 nitrogen and oxygen atoms in total. The molecule has 0 saturated carbocycles. The molecule has 1 fully saturated rings. The summed E-state index contributed by atoms with van der Waals surface area (Å²) in [7, 11) is 0. The number of halogens is 1. The SMILES string of the molecule is O=C1CC(Cc2ccc(F)cc2)C(=O)N1CCCO. The molecule has 1 saturated heterocycles. The number of aliphatic hydroxyl groups is 1. The molecule has 1 unspecified atom stereocenters. The van der Waals surface area contributed by atoms with Gasteiger partial charge in [0.25, 0.3) is 0 Å². The number of hydrogen-bond acceptors (Lipinski definition) is 3. The standard InChI is InChI=1S/C14H16FNO3/c15-12-4-2-10(3-5-12)8-11-9-13(18)16(14(11)19)6-1-7-17/h2-5,11,17H,1,6-9H2. The number of carbonyl (C=O) groups is 2. The van der Waals surface area contributed by atoms with E-state index in [1.807, 2.05) is 0 Å². The molecule has 0 spiro atoms. The van der Waals surface area contributed by atoms with Gasteiger partial charge in [0.1, 0.15) is 5.82 Å². The van der Waals surface area contributed by atoms with Crippen LogP contribution in [0.5, 0.6) is 0 Å². The topological polar surface area (TPSA) is 57.6 Å². The molecule has 1 aromatic rings. The van der Waals surface area contributed by atoms with E-state index >= 15 is 0 Å². The van der Waals surface area contributed by atoms with Crippen LogP contribution in [0.15, 0.2) is 24.3 Å². The number of likely N-dealkylation sites (tertiary alicyclic amines) is 1. The molecule has 0 aliphatic carbocycles. The van der Waals surface area contributed by atoms with Gasteiger partial charge in [-0.25, -0.2) is 4.39 Å². The normalized spacial score (nSPS) is 19.3. The molecule has 0 aromatic heterocycles. The van der Waals surface area contributed by atoms with Crippen molar-refractivity contribution >= 4 is 11.8 Å². The quantitative estimate of drug-likeness (QED) is 0.812. The van der Waals surface area contributed by atoms with Gasteiger partial charge in [0.2, 0.25) is 11.8 Å². The van der Waals surface area contributed by atoms with Crippen molar-refractivity contribution in [3.63, 3.8) is 0 Å². The minimum absolute atomic E-state index is 0.0420. The van der Waals surface area contributed by atoms with Crippen LogP contribution in [0.25, 0.3) is 0 Å². The second-order valence-corrected chi connectivity index (χ2v) is 4.69. The summed E-state index contributed by atoms with van der Waals surface area (Å²) in [5, 5.41) is 8.74. The molecule has 19 heavy (non-hydrogen) atoms. The summed E-state index contributed by atoms with van der Waals surface area (Å²) < 4.78 is 12.8. The fraction of sp³-hybridized carbons (Fsp3) is 0.429. The minimum Gasteiger partial charge on any atom is -0.396 e. The van der Waals surface area contributed by atoms with Crippen LogP contribution in [0.4, 0.5) is 4.39 Å². The van der Waals surface area contributed by atoms with E-state index in [2.05, 4.69) is 0 Å². The lowest BCUT2D eigenvalue weighted by atomic mass is 9.98. The number of carbonyl (C=O) groups excluding carboxylic acids is 2. The Labute approximate surface area is 110 Å². The van der Waals surface area contributed by atoms with Gasteiger partial charge in [-0.05, 0) is 30.5 Å². The van der Waals surface area contributed by atoms with Crippen molar-refractivity contribution < 1.29 is 19.1 Å². The number of nitrogens with zero attached hydrogens (tertiary/aromatic N) is 1. The maximum absolute atomic E-state index is 12.8. The fourth-order valence-corrected chi connectivity index (χ4v) is 2.28. The van der Waals surface area contributed by atoms with Crippen LogP contribution in [-0.2, 0) is 16.0 Å². The first-order valence-electron chi connectivity index (χ1n) is 6.31. The Morgan fingerprint density at radius 1 is 1.26 bits per heavy atom. The molecule has 1 N–H and O–H groups in total. The first-order chi connectivity index (χ1) is 9.11. The molecule has 1 heterocycles.